The lowest BCUT2D eigenvalue weighted by Gasteiger charge is -2.23. The number of hydrogen-bond donors (Lipinski definition) is 1. The fourth-order valence-corrected chi connectivity index (χ4v) is 3.29. The molecule has 0 aliphatic carbocycles. The highest BCUT2D eigenvalue weighted by Gasteiger charge is 2.31. The Labute approximate surface area is 157 Å². The third-order valence-electron chi connectivity index (χ3n) is 4.42. The normalized spacial score (nSPS) is 13.8. The van der Waals surface area contributed by atoms with Crippen molar-refractivity contribution in [1.82, 2.24) is 4.57 Å². The second-order valence-electron chi connectivity index (χ2n) is 6.13. The molecule has 1 aliphatic heterocycles. The molecule has 144 valence electrons. The maximum atomic E-state index is 12.9. The highest BCUT2D eigenvalue weighted by molar-refractivity contribution is 6.34. The molecule has 1 N–H and O–H groups in total. The van der Waals surface area contributed by atoms with Crippen LogP contribution in [0.2, 0.25) is 5.02 Å². The largest absolute Gasteiger partial charge is 0.496 e. The van der Waals surface area contributed by atoms with Crippen LogP contribution in [-0.4, -0.2) is 17.6 Å². The van der Waals surface area contributed by atoms with Crippen molar-refractivity contribution in [2.45, 2.75) is 32.0 Å². The number of fused-ring (bicyclic) bond motifs is 1. The zero-order valence-corrected chi connectivity index (χ0v) is 15.1. The Bertz CT molecular complexity index is 954. The monoisotopic (exact) mass is 400 g/mol. The van der Waals surface area contributed by atoms with Gasteiger partial charge in [-0.15, -0.1) is 0 Å². The lowest BCUT2D eigenvalue weighted by molar-refractivity contribution is -0.137. The minimum Gasteiger partial charge on any atom is -0.496 e. The highest BCUT2D eigenvalue weighted by Crippen LogP contribution is 2.34. The molecule has 2 heterocycles. The summed E-state index contributed by atoms with van der Waals surface area (Å²) in [6.45, 7) is 0.475. The number of methoxy groups -OCH3 is 1. The highest BCUT2D eigenvalue weighted by atomic mass is 35.5. The molecule has 1 aromatic carbocycles. The van der Waals surface area contributed by atoms with Crippen LogP contribution in [0.25, 0.3) is 0 Å². The average Bonchev–Trinajstić information content (AvgIpc) is 2.62. The number of benzene rings is 1. The SMILES string of the molecule is COc1cc(=O)n2c(c1C(=O)Nc1cc(C(F)(F)F)ccc1Cl)CCCC2. The molecule has 0 saturated carbocycles. The third-order valence-corrected chi connectivity index (χ3v) is 4.75. The number of alkyl halides is 3. The molecule has 9 heteroatoms. The van der Waals surface area contributed by atoms with E-state index in [1.165, 1.54) is 17.7 Å². The molecule has 0 fully saturated rings. The number of aromatic nitrogens is 1. The molecular formula is C18H16ClF3N2O3. The van der Waals surface area contributed by atoms with Crippen molar-refractivity contribution in [3.05, 3.63) is 56.5 Å². The van der Waals surface area contributed by atoms with Crippen LogP contribution in [0.4, 0.5) is 18.9 Å². The Hall–Kier alpha value is -2.48. The summed E-state index contributed by atoms with van der Waals surface area (Å²) >= 11 is 5.95. The van der Waals surface area contributed by atoms with Crippen LogP contribution in [0.3, 0.4) is 0 Å². The van der Waals surface area contributed by atoms with Crippen LogP contribution in [0, 0.1) is 0 Å². The summed E-state index contributed by atoms with van der Waals surface area (Å²) in [5.41, 5.74) is -0.744. The molecule has 5 nitrogen and oxygen atoms in total. The van der Waals surface area contributed by atoms with E-state index in [0.717, 1.165) is 31.0 Å². The lowest BCUT2D eigenvalue weighted by atomic mass is 10.0. The second kappa shape index (κ2) is 7.26. The minimum atomic E-state index is -4.57. The predicted octanol–water partition coefficient (Wildman–Crippen LogP) is 4.12. The molecule has 0 saturated heterocycles. The van der Waals surface area contributed by atoms with Crippen molar-refractivity contribution in [3.8, 4) is 5.75 Å². The molecule has 1 aliphatic rings. The van der Waals surface area contributed by atoms with Crippen LogP contribution in [0.1, 0.15) is 34.5 Å². The van der Waals surface area contributed by atoms with E-state index in [1.807, 2.05) is 0 Å². The van der Waals surface area contributed by atoms with Crippen LogP contribution in [0.15, 0.2) is 29.1 Å². The van der Waals surface area contributed by atoms with E-state index < -0.39 is 17.6 Å². The lowest BCUT2D eigenvalue weighted by Crippen LogP contribution is -2.30. The van der Waals surface area contributed by atoms with Gasteiger partial charge in [-0.3, -0.25) is 9.59 Å². The van der Waals surface area contributed by atoms with Gasteiger partial charge in [0.05, 0.1) is 23.4 Å². The minimum absolute atomic E-state index is 0.0303. The van der Waals surface area contributed by atoms with Gasteiger partial charge in [0.1, 0.15) is 11.3 Å². The number of ether oxygens (including phenoxy) is 1. The molecule has 3 rings (SSSR count). The Morgan fingerprint density at radius 2 is 2.00 bits per heavy atom. The van der Waals surface area contributed by atoms with Gasteiger partial charge in [0.15, 0.2) is 0 Å². The maximum Gasteiger partial charge on any atom is 0.416 e. The van der Waals surface area contributed by atoms with E-state index in [2.05, 4.69) is 5.32 Å². The van der Waals surface area contributed by atoms with Gasteiger partial charge >= 0.3 is 6.18 Å². The Balaban J connectivity index is 2.04. The van der Waals surface area contributed by atoms with E-state index in [0.29, 0.717) is 18.7 Å². The number of carbonyl (C=O) groups is 1. The molecule has 1 aromatic heterocycles. The Kier molecular flexibility index (Phi) is 5.19. The van der Waals surface area contributed by atoms with Crippen molar-refractivity contribution < 1.29 is 22.7 Å². The molecule has 2 aromatic rings. The number of halogens is 4. The molecule has 0 bridgehead atoms. The van der Waals surface area contributed by atoms with E-state index in [1.54, 1.807) is 0 Å². The van der Waals surface area contributed by atoms with Crippen molar-refractivity contribution >= 4 is 23.2 Å². The topological polar surface area (TPSA) is 60.3 Å². The van der Waals surface area contributed by atoms with Gasteiger partial charge in [-0.1, -0.05) is 11.6 Å². The molecule has 27 heavy (non-hydrogen) atoms. The average molecular weight is 401 g/mol. The van der Waals surface area contributed by atoms with Crippen LogP contribution in [0.5, 0.6) is 5.75 Å². The summed E-state index contributed by atoms with van der Waals surface area (Å²) in [5, 5.41) is 2.39. The van der Waals surface area contributed by atoms with Crippen LogP contribution in [-0.2, 0) is 19.1 Å². The first kappa shape index (κ1) is 19.3. The summed E-state index contributed by atoms with van der Waals surface area (Å²) in [6.07, 6.45) is -2.48. The summed E-state index contributed by atoms with van der Waals surface area (Å²) < 4.78 is 45.5. The van der Waals surface area contributed by atoms with Crippen molar-refractivity contribution in [2.75, 3.05) is 12.4 Å². The van der Waals surface area contributed by atoms with Crippen molar-refractivity contribution in [3.63, 3.8) is 0 Å². The summed E-state index contributed by atoms with van der Waals surface area (Å²) in [5.74, 6) is -0.604. The van der Waals surface area contributed by atoms with E-state index in [-0.39, 0.29) is 27.6 Å². The number of nitrogens with zero attached hydrogens (tertiary/aromatic N) is 1. The second-order valence-corrected chi connectivity index (χ2v) is 6.54. The Morgan fingerprint density at radius 3 is 2.67 bits per heavy atom. The van der Waals surface area contributed by atoms with Gasteiger partial charge in [0.2, 0.25) is 0 Å². The number of anilines is 1. The molecule has 0 atom stereocenters. The number of rotatable bonds is 3. The maximum absolute atomic E-state index is 12.9. The summed E-state index contributed by atoms with van der Waals surface area (Å²) in [6, 6.07) is 3.89. The molecule has 0 radical (unpaired) electrons. The first-order chi connectivity index (χ1) is 12.7. The third kappa shape index (κ3) is 3.80. The van der Waals surface area contributed by atoms with Gasteiger partial charge in [0.25, 0.3) is 11.5 Å². The fraction of sp³-hybridized carbons (Fsp3) is 0.333. The number of hydrogen-bond acceptors (Lipinski definition) is 3. The zero-order chi connectivity index (χ0) is 19.8. The fourth-order valence-electron chi connectivity index (χ4n) is 3.13. The van der Waals surface area contributed by atoms with Gasteiger partial charge in [-0.25, -0.2) is 0 Å². The first-order valence-electron chi connectivity index (χ1n) is 8.21. The van der Waals surface area contributed by atoms with Gasteiger partial charge in [-0.2, -0.15) is 13.2 Å². The Morgan fingerprint density at radius 1 is 1.26 bits per heavy atom. The molecule has 0 spiro atoms. The molecule has 0 unspecified atom stereocenters. The number of pyridine rings is 1. The molecule has 1 amide bonds. The number of carbonyl (C=O) groups excluding carboxylic acids is 1. The quantitative estimate of drug-likeness (QED) is 0.843. The van der Waals surface area contributed by atoms with E-state index in [4.69, 9.17) is 16.3 Å². The van der Waals surface area contributed by atoms with Crippen LogP contribution >= 0.6 is 11.6 Å². The predicted molar refractivity (Wildman–Crippen MR) is 94.6 cm³/mol. The number of nitrogens with one attached hydrogen (secondary N) is 1. The zero-order valence-electron chi connectivity index (χ0n) is 14.3. The molecular weight excluding hydrogens is 385 g/mol. The first-order valence-corrected chi connectivity index (χ1v) is 8.59. The standard InChI is InChI=1S/C18H16ClF3N2O3/c1-27-14-9-15(25)24-7-3-2-4-13(24)16(14)17(26)23-12-8-10(18(20,21)22)5-6-11(12)19/h5-6,8-9H,2-4,7H2,1H3,(H,23,26). The van der Waals surface area contributed by atoms with Gasteiger partial charge in [0, 0.05) is 18.3 Å². The van der Waals surface area contributed by atoms with E-state index >= 15 is 0 Å². The summed E-state index contributed by atoms with van der Waals surface area (Å²) in [4.78, 5) is 25.0. The van der Waals surface area contributed by atoms with Crippen molar-refractivity contribution in [2.24, 2.45) is 0 Å². The van der Waals surface area contributed by atoms with Crippen LogP contribution < -0.4 is 15.6 Å². The van der Waals surface area contributed by atoms with Gasteiger partial charge in [-0.05, 0) is 37.5 Å². The van der Waals surface area contributed by atoms with Gasteiger partial charge < -0.3 is 14.6 Å². The summed E-state index contributed by atoms with van der Waals surface area (Å²) in [7, 11) is 1.32. The van der Waals surface area contributed by atoms with Crippen molar-refractivity contribution in [1.29, 1.82) is 0 Å². The number of amides is 1. The smallest absolute Gasteiger partial charge is 0.416 e. The van der Waals surface area contributed by atoms with E-state index in [9.17, 15) is 22.8 Å².